The molecule has 2 N–H and O–H groups in total. The van der Waals surface area contributed by atoms with Crippen LogP contribution in [0.2, 0.25) is 0 Å². The zero-order valence-corrected chi connectivity index (χ0v) is 11.0. The molecule has 1 atom stereocenters. The van der Waals surface area contributed by atoms with Crippen LogP contribution in [0.5, 0.6) is 0 Å². The smallest absolute Gasteiger partial charge is 0.237 e. The van der Waals surface area contributed by atoms with Gasteiger partial charge in [0.05, 0.1) is 6.04 Å². The van der Waals surface area contributed by atoms with Crippen molar-refractivity contribution in [2.24, 2.45) is 0 Å². The molecule has 1 aliphatic carbocycles. The fourth-order valence-electron chi connectivity index (χ4n) is 3.37. The molecule has 1 amide bonds. The normalized spacial score (nSPS) is 34.8. The molecule has 2 rings (SSSR count). The number of likely N-dealkylation sites (tertiary alicyclic amines) is 1. The molecule has 2 fully saturated rings. The zero-order valence-electron chi connectivity index (χ0n) is 11.0. The van der Waals surface area contributed by atoms with E-state index in [9.17, 15) is 4.79 Å². The summed E-state index contributed by atoms with van der Waals surface area (Å²) in [6.07, 6.45) is 7.17. The van der Waals surface area contributed by atoms with Gasteiger partial charge in [-0.2, -0.15) is 0 Å². The lowest BCUT2D eigenvalue weighted by molar-refractivity contribution is -0.125. The summed E-state index contributed by atoms with van der Waals surface area (Å²) in [5.41, 5.74) is 0. The number of likely N-dealkylation sites (N-methyl/N-ethyl adjacent to an activating group) is 1. The molecule has 1 heterocycles. The molecular weight excluding hydrogens is 214 g/mol. The number of hydrogen-bond donors (Lipinski definition) is 2. The van der Waals surface area contributed by atoms with E-state index in [1.54, 1.807) is 7.05 Å². The van der Waals surface area contributed by atoms with Crippen molar-refractivity contribution in [2.75, 3.05) is 20.6 Å². The minimum Gasteiger partial charge on any atom is -0.358 e. The summed E-state index contributed by atoms with van der Waals surface area (Å²) >= 11 is 0. The molecule has 17 heavy (non-hydrogen) atoms. The fourth-order valence-corrected chi connectivity index (χ4v) is 3.37. The Kier molecular flexibility index (Phi) is 4.40. The molecule has 4 heteroatoms. The summed E-state index contributed by atoms with van der Waals surface area (Å²) in [7, 11) is 3.80. The first-order valence-corrected chi connectivity index (χ1v) is 6.91. The van der Waals surface area contributed by atoms with Gasteiger partial charge < -0.3 is 10.6 Å². The second-order valence-electron chi connectivity index (χ2n) is 5.30. The Hall–Kier alpha value is -0.610. The molecule has 1 aliphatic heterocycles. The third kappa shape index (κ3) is 2.80. The molecule has 0 radical (unpaired) electrons. The minimum atomic E-state index is 0.135. The van der Waals surface area contributed by atoms with Gasteiger partial charge in [-0.25, -0.2) is 0 Å². The molecule has 4 nitrogen and oxygen atoms in total. The molecule has 2 aliphatic rings. The quantitative estimate of drug-likeness (QED) is 0.763. The minimum absolute atomic E-state index is 0.135. The predicted octanol–water partition coefficient (Wildman–Crippen LogP) is 0.727. The third-order valence-electron chi connectivity index (χ3n) is 4.42. The fraction of sp³-hybridized carbons (Fsp3) is 0.923. The van der Waals surface area contributed by atoms with E-state index in [1.807, 2.05) is 7.05 Å². The van der Waals surface area contributed by atoms with Gasteiger partial charge in [0.25, 0.3) is 0 Å². The van der Waals surface area contributed by atoms with E-state index in [1.165, 1.54) is 32.1 Å². The van der Waals surface area contributed by atoms with E-state index < -0.39 is 0 Å². The van der Waals surface area contributed by atoms with Crippen LogP contribution >= 0.6 is 0 Å². The van der Waals surface area contributed by atoms with E-state index in [-0.39, 0.29) is 11.9 Å². The summed E-state index contributed by atoms with van der Waals surface area (Å²) in [5.74, 6) is 0.207. The predicted molar refractivity (Wildman–Crippen MR) is 68.9 cm³/mol. The first kappa shape index (κ1) is 12.8. The van der Waals surface area contributed by atoms with Crippen LogP contribution in [0, 0.1) is 0 Å². The maximum absolute atomic E-state index is 11.8. The van der Waals surface area contributed by atoms with Gasteiger partial charge in [0.2, 0.25) is 5.91 Å². The summed E-state index contributed by atoms with van der Waals surface area (Å²) < 4.78 is 0. The van der Waals surface area contributed by atoms with Crippen LogP contribution in [0.4, 0.5) is 0 Å². The van der Waals surface area contributed by atoms with Gasteiger partial charge in [0.15, 0.2) is 0 Å². The Balaban J connectivity index is 1.91. The number of nitrogens with one attached hydrogen (secondary N) is 2. The van der Waals surface area contributed by atoms with Crippen LogP contribution in [0.1, 0.15) is 38.5 Å². The van der Waals surface area contributed by atoms with Crippen LogP contribution in [0.25, 0.3) is 0 Å². The van der Waals surface area contributed by atoms with E-state index in [0.717, 1.165) is 13.0 Å². The van der Waals surface area contributed by atoms with Gasteiger partial charge >= 0.3 is 0 Å². The highest BCUT2D eigenvalue weighted by molar-refractivity contribution is 5.81. The standard InChI is InChI=1S/C13H25N3O/c1-14-10-5-7-11(8-6-10)16-9-3-4-12(16)13(17)15-2/h10-12,14H,3-9H2,1-2H3,(H,15,17). The van der Waals surface area contributed by atoms with E-state index in [2.05, 4.69) is 15.5 Å². The molecule has 0 aromatic heterocycles. The molecule has 0 aromatic rings. The molecule has 98 valence electrons. The maximum atomic E-state index is 11.8. The molecule has 0 bridgehead atoms. The van der Waals surface area contributed by atoms with E-state index in [4.69, 9.17) is 0 Å². The highest BCUT2D eigenvalue weighted by Gasteiger charge is 2.36. The van der Waals surface area contributed by atoms with Crippen molar-refractivity contribution in [2.45, 2.75) is 56.7 Å². The second-order valence-corrected chi connectivity index (χ2v) is 5.30. The van der Waals surface area contributed by atoms with Crippen LogP contribution < -0.4 is 10.6 Å². The number of nitrogens with zero attached hydrogens (tertiary/aromatic N) is 1. The average molecular weight is 239 g/mol. The van der Waals surface area contributed by atoms with Crippen molar-refractivity contribution in [3.63, 3.8) is 0 Å². The Morgan fingerprint density at radius 2 is 1.82 bits per heavy atom. The zero-order chi connectivity index (χ0) is 12.3. The lowest BCUT2D eigenvalue weighted by atomic mass is 9.90. The molecule has 0 spiro atoms. The van der Waals surface area contributed by atoms with Crippen molar-refractivity contribution in [1.82, 2.24) is 15.5 Å². The van der Waals surface area contributed by atoms with Crippen LogP contribution in [0.15, 0.2) is 0 Å². The Bertz CT molecular complexity index is 261. The van der Waals surface area contributed by atoms with Crippen molar-refractivity contribution in [3.8, 4) is 0 Å². The molecular formula is C13H25N3O. The first-order chi connectivity index (χ1) is 8.26. The van der Waals surface area contributed by atoms with Crippen LogP contribution in [-0.4, -0.2) is 49.6 Å². The van der Waals surface area contributed by atoms with Gasteiger partial charge in [-0.05, 0) is 52.1 Å². The number of carbonyl (C=O) groups is 1. The van der Waals surface area contributed by atoms with Crippen LogP contribution in [-0.2, 0) is 4.79 Å². The highest BCUT2D eigenvalue weighted by atomic mass is 16.2. The second kappa shape index (κ2) is 5.83. The number of hydrogen-bond acceptors (Lipinski definition) is 3. The Morgan fingerprint density at radius 3 is 2.41 bits per heavy atom. The summed E-state index contributed by atoms with van der Waals surface area (Å²) in [4.78, 5) is 14.3. The molecule has 1 saturated carbocycles. The molecule has 0 aromatic carbocycles. The van der Waals surface area contributed by atoms with E-state index in [0.29, 0.717) is 12.1 Å². The SMILES string of the molecule is CNC(=O)C1CCCN1C1CCC(NC)CC1. The topological polar surface area (TPSA) is 44.4 Å². The number of amides is 1. The lowest BCUT2D eigenvalue weighted by Gasteiger charge is -2.37. The van der Waals surface area contributed by atoms with Gasteiger partial charge in [0.1, 0.15) is 0 Å². The van der Waals surface area contributed by atoms with Gasteiger partial charge in [-0.3, -0.25) is 9.69 Å². The molecule has 1 unspecified atom stereocenters. The lowest BCUT2D eigenvalue weighted by Crippen LogP contribution is -2.49. The summed E-state index contributed by atoms with van der Waals surface area (Å²) in [6, 6.07) is 1.45. The summed E-state index contributed by atoms with van der Waals surface area (Å²) in [6.45, 7) is 1.10. The van der Waals surface area contributed by atoms with Crippen molar-refractivity contribution >= 4 is 5.91 Å². The van der Waals surface area contributed by atoms with Crippen molar-refractivity contribution in [1.29, 1.82) is 0 Å². The summed E-state index contributed by atoms with van der Waals surface area (Å²) in [5, 5.41) is 6.17. The number of rotatable bonds is 3. The Labute approximate surface area is 104 Å². The van der Waals surface area contributed by atoms with Gasteiger partial charge in [-0.15, -0.1) is 0 Å². The monoisotopic (exact) mass is 239 g/mol. The Morgan fingerprint density at radius 1 is 1.12 bits per heavy atom. The highest BCUT2D eigenvalue weighted by Crippen LogP contribution is 2.29. The third-order valence-corrected chi connectivity index (χ3v) is 4.42. The van der Waals surface area contributed by atoms with Gasteiger partial charge in [0, 0.05) is 19.1 Å². The van der Waals surface area contributed by atoms with E-state index >= 15 is 0 Å². The number of carbonyl (C=O) groups excluding carboxylic acids is 1. The van der Waals surface area contributed by atoms with Crippen molar-refractivity contribution < 1.29 is 4.79 Å². The largest absolute Gasteiger partial charge is 0.358 e. The van der Waals surface area contributed by atoms with Crippen molar-refractivity contribution in [3.05, 3.63) is 0 Å². The van der Waals surface area contributed by atoms with Crippen LogP contribution in [0.3, 0.4) is 0 Å². The average Bonchev–Trinajstić information content (AvgIpc) is 2.87. The maximum Gasteiger partial charge on any atom is 0.237 e. The molecule has 1 saturated heterocycles. The van der Waals surface area contributed by atoms with Gasteiger partial charge in [-0.1, -0.05) is 0 Å². The first-order valence-electron chi connectivity index (χ1n) is 6.91.